The number of amides is 1. The van der Waals surface area contributed by atoms with E-state index >= 15 is 0 Å². The predicted octanol–water partition coefficient (Wildman–Crippen LogP) is 10.0. The van der Waals surface area contributed by atoms with E-state index in [-0.39, 0.29) is 75.8 Å². The van der Waals surface area contributed by atoms with Gasteiger partial charge in [0.2, 0.25) is 12.3 Å². The normalized spacial score (nSPS) is 14.5. The smallest absolute Gasteiger partial charge is 0.306 e. The van der Waals surface area contributed by atoms with Gasteiger partial charge in [0.05, 0.1) is 29.6 Å². The van der Waals surface area contributed by atoms with Crippen LogP contribution in [-0.2, 0) is 49.3 Å². The Labute approximate surface area is 390 Å². The molecule has 2 aromatic rings. The number of hydrogen-bond donors (Lipinski definition) is 0. The number of rotatable bonds is 28. The van der Waals surface area contributed by atoms with Crippen LogP contribution in [0.1, 0.15) is 167 Å². The molecule has 0 saturated carbocycles. The molecule has 1 aliphatic heterocycles. The Morgan fingerprint density at radius 3 is 1.95 bits per heavy atom. The zero-order chi connectivity index (χ0) is 47.1. The van der Waals surface area contributed by atoms with Gasteiger partial charge in [0.1, 0.15) is 13.2 Å². The summed E-state index contributed by atoms with van der Waals surface area (Å²) in [5.41, 5.74) is 3.73. The summed E-state index contributed by atoms with van der Waals surface area (Å²) in [4.78, 5) is 78.4. The van der Waals surface area contributed by atoms with Gasteiger partial charge in [-0.2, -0.15) is 0 Å². The summed E-state index contributed by atoms with van der Waals surface area (Å²) in [6, 6.07) is 6.42. The summed E-state index contributed by atoms with van der Waals surface area (Å²) in [6.45, 7) is 14.0. The second kappa shape index (κ2) is 28.8. The lowest BCUT2D eigenvalue weighted by Crippen LogP contribution is -2.39. The molecule has 1 aromatic heterocycles. The van der Waals surface area contributed by atoms with Gasteiger partial charge in [0.15, 0.2) is 6.10 Å². The van der Waals surface area contributed by atoms with Gasteiger partial charge >= 0.3 is 23.9 Å². The van der Waals surface area contributed by atoms with Crippen molar-refractivity contribution in [3.63, 3.8) is 0 Å². The summed E-state index contributed by atoms with van der Waals surface area (Å²) in [7, 11) is 2.15. The van der Waals surface area contributed by atoms with Gasteiger partial charge in [-0.15, -0.1) is 0 Å². The molecule has 0 N–H and O–H groups in total. The molecule has 1 amide bonds. The predicted molar refractivity (Wildman–Crippen MR) is 254 cm³/mol. The Hall–Kier alpha value is -4.04. The van der Waals surface area contributed by atoms with E-state index < -0.39 is 23.5 Å². The zero-order valence-corrected chi connectivity index (χ0v) is 41.4. The standard InChI is InChI=1S/C45H65BrN2O9.C5H11NO/c1-6-8-10-12-14-23-39(50)55-30-32(31-56-40(51)24-15-13-11-9-7-2)57-42(53)29-45(3,4)28-41(52)54-26-18-22-38(49)48-36-21-16-19-34-33-20-17-25-47(5)37(33)27-35(43(34)36)44(48)46;1-3-6(4-2)5-7/h16,19-21,32,37H,6-15,17-18,22-31H2,1-5H3;5H,3-4H2,1-2H3. The maximum Gasteiger partial charge on any atom is 0.306 e. The average molecular weight is 959 g/mol. The number of unbranched alkanes of at least 4 members (excludes halogenated alkanes) is 8. The molecule has 2 aliphatic rings. The Morgan fingerprint density at radius 1 is 0.797 bits per heavy atom. The van der Waals surface area contributed by atoms with Crippen LogP contribution in [0.5, 0.6) is 0 Å². The van der Waals surface area contributed by atoms with Crippen molar-refractivity contribution in [2.24, 2.45) is 5.41 Å². The number of carbonyl (C=O) groups excluding carboxylic acids is 6. The number of ether oxygens (including phenoxy) is 4. The van der Waals surface area contributed by atoms with Crippen molar-refractivity contribution in [1.29, 1.82) is 0 Å². The summed E-state index contributed by atoms with van der Waals surface area (Å²) in [5.74, 6) is -1.94. The van der Waals surface area contributed by atoms with Crippen LogP contribution in [0.4, 0.5) is 0 Å². The summed E-state index contributed by atoms with van der Waals surface area (Å²) < 4.78 is 24.5. The summed E-state index contributed by atoms with van der Waals surface area (Å²) >= 11 is 3.76. The number of aromatic nitrogens is 1. The van der Waals surface area contributed by atoms with E-state index in [1.54, 1.807) is 23.3 Å². The molecular weight excluding hydrogens is 882 g/mol. The van der Waals surface area contributed by atoms with Crippen molar-refractivity contribution >= 4 is 68.6 Å². The first-order valence-electron chi connectivity index (χ1n) is 23.8. The second-order valence-corrected chi connectivity index (χ2v) is 18.6. The molecule has 64 heavy (non-hydrogen) atoms. The van der Waals surface area contributed by atoms with Crippen molar-refractivity contribution in [2.75, 3.05) is 46.5 Å². The molecule has 2 heterocycles. The lowest BCUT2D eigenvalue weighted by Gasteiger charge is -2.37. The zero-order valence-electron chi connectivity index (χ0n) is 39.8. The largest absolute Gasteiger partial charge is 0.466 e. The van der Waals surface area contributed by atoms with Crippen molar-refractivity contribution in [1.82, 2.24) is 14.4 Å². The Kier molecular flexibility index (Phi) is 24.4. The van der Waals surface area contributed by atoms with Crippen LogP contribution >= 0.6 is 15.9 Å². The highest BCUT2D eigenvalue weighted by atomic mass is 79.9. The first-order chi connectivity index (χ1) is 30.7. The summed E-state index contributed by atoms with van der Waals surface area (Å²) in [5, 5.41) is 1.12. The van der Waals surface area contributed by atoms with Crippen LogP contribution in [-0.4, -0.2) is 109 Å². The maximum atomic E-state index is 13.6. The van der Waals surface area contributed by atoms with Crippen molar-refractivity contribution in [3.05, 3.63) is 40.0 Å². The molecular formula is C50H76BrN3O10. The number of fused-ring (bicyclic) bond motifs is 2. The van der Waals surface area contributed by atoms with E-state index in [0.717, 1.165) is 124 Å². The molecule has 0 bridgehead atoms. The number of hydrogen-bond acceptors (Lipinski definition) is 11. The molecule has 358 valence electrons. The van der Waals surface area contributed by atoms with Crippen molar-refractivity contribution in [2.45, 2.75) is 169 Å². The molecule has 0 saturated heterocycles. The molecule has 13 nitrogen and oxygen atoms in total. The average Bonchev–Trinajstić information content (AvgIpc) is 3.55. The minimum absolute atomic E-state index is 0.0495. The number of halogens is 1. The van der Waals surface area contributed by atoms with Gasteiger partial charge in [-0.3, -0.25) is 38.2 Å². The SMILES string of the molecule is CCCCCCCC(=O)OCC(COC(=O)CCCCCCC)OC(=O)CC(C)(C)CC(=O)OCCCC(=O)n1c(Br)c2c3c(cccc31)C1=CCCN(C)C1C2.CCN(C=O)CC. The second-order valence-electron chi connectivity index (χ2n) is 17.8. The summed E-state index contributed by atoms with van der Waals surface area (Å²) in [6.07, 6.45) is 14.9. The third kappa shape index (κ3) is 17.7. The van der Waals surface area contributed by atoms with Gasteiger partial charge in [0.25, 0.3) is 0 Å². The van der Waals surface area contributed by atoms with Gasteiger partial charge in [0, 0.05) is 50.3 Å². The third-order valence-electron chi connectivity index (χ3n) is 11.9. The van der Waals surface area contributed by atoms with Gasteiger partial charge in [-0.1, -0.05) is 97.3 Å². The lowest BCUT2D eigenvalue weighted by molar-refractivity contribution is -0.168. The van der Waals surface area contributed by atoms with Crippen LogP contribution in [0.15, 0.2) is 28.9 Å². The first-order valence-corrected chi connectivity index (χ1v) is 24.6. The van der Waals surface area contributed by atoms with Gasteiger partial charge < -0.3 is 23.8 Å². The van der Waals surface area contributed by atoms with Crippen LogP contribution < -0.4 is 0 Å². The minimum Gasteiger partial charge on any atom is -0.466 e. The first kappa shape index (κ1) is 54.3. The van der Waals surface area contributed by atoms with E-state index in [2.05, 4.69) is 53.9 Å². The van der Waals surface area contributed by atoms with Crippen LogP contribution in [0, 0.1) is 5.41 Å². The van der Waals surface area contributed by atoms with Crippen molar-refractivity contribution < 1.29 is 47.7 Å². The number of esters is 4. The number of nitrogens with zero attached hydrogens (tertiary/aromatic N) is 3. The maximum absolute atomic E-state index is 13.6. The van der Waals surface area contributed by atoms with E-state index in [9.17, 15) is 28.8 Å². The monoisotopic (exact) mass is 957 g/mol. The fraction of sp³-hybridized carbons (Fsp3) is 0.680. The molecule has 0 fully saturated rings. The molecule has 1 atom stereocenters. The van der Waals surface area contributed by atoms with E-state index in [4.69, 9.17) is 18.9 Å². The van der Waals surface area contributed by atoms with Crippen LogP contribution in [0.2, 0.25) is 0 Å². The third-order valence-corrected chi connectivity index (χ3v) is 12.7. The van der Waals surface area contributed by atoms with E-state index in [0.29, 0.717) is 6.42 Å². The van der Waals surface area contributed by atoms with Crippen LogP contribution in [0.3, 0.4) is 0 Å². The highest BCUT2D eigenvalue weighted by Gasteiger charge is 2.34. The highest BCUT2D eigenvalue weighted by molar-refractivity contribution is 9.10. The molecule has 0 radical (unpaired) electrons. The van der Waals surface area contributed by atoms with Gasteiger partial charge in [-0.05, 0) is 97.1 Å². The Bertz CT molecular complexity index is 1820. The molecule has 1 unspecified atom stereocenters. The van der Waals surface area contributed by atoms with E-state index in [1.165, 1.54) is 11.1 Å². The minimum atomic E-state index is -0.966. The lowest BCUT2D eigenvalue weighted by atomic mass is 9.82. The number of likely N-dealkylation sites (N-methyl/N-ethyl adjacent to an activating group) is 1. The number of benzene rings is 1. The Morgan fingerprint density at radius 2 is 1.39 bits per heavy atom. The van der Waals surface area contributed by atoms with Gasteiger partial charge in [-0.25, -0.2) is 0 Å². The molecule has 14 heteroatoms. The fourth-order valence-corrected chi connectivity index (χ4v) is 8.90. The number of carbonyl (C=O) groups is 6. The van der Waals surface area contributed by atoms with Crippen molar-refractivity contribution in [3.8, 4) is 0 Å². The molecule has 1 aromatic carbocycles. The molecule has 1 aliphatic carbocycles. The Balaban J connectivity index is 0.00000143. The topological polar surface area (TPSA) is 151 Å². The van der Waals surface area contributed by atoms with Crippen LogP contribution in [0.25, 0.3) is 16.5 Å². The van der Waals surface area contributed by atoms with E-state index in [1.807, 2.05) is 26.0 Å². The fourth-order valence-electron chi connectivity index (χ4n) is 8.15. The molecule has 0 spiro atoms. The molecule has 4 rings (SSSR count). The quantitative estimate of drug-likeness (QED) is 0.0347. The highest BCUT2D eigenvalue weighted by Crippen LogP contribution is 2.44.